The van der Waals surface area contributed by atoms with E-state index in [1.807, 2.05) is 0 Å². The van der Waals surface area contributed by atoms with Gasteiger partial charge in [0, 0.05) is 12.1 Å². The van der Waals surface area contributed by atoms with Crippen molar-refractivity contribution in [3.63, 3.8) is 0 Å². The summed E-state index contributed by atoms with van der Waals surface area (Å²) in [6, 6.07) is 10.8. The molecular formula is C17H17F3N2O4S. The Balaban J connectivity index is 2.14. The lowest BCUT2D eigenvalue weighted by Crippen LogP contribution is -2.23. The van der Waals surface area contributed by atoms with E-state index in [1.54, 1.807) is 6.92 Å². The molecule has 0 aliphatic rings. The van der Waals surface area contributed by atoms with E-state index in [-0.39, 0.29) is 28.4 Å². The first-order valence-corrected chi connectivity index (χ1v) is 9.30. The Morgan fingerprint density at radius 1 is 1.07 bits per heavy atom. The van der Waals surface area contributed by atoms with Crippen LogP contribution in [0.2, 0.25) is 0 Å². The largest absolute Gasteiger partial charge is 0.482 e. The van der Waals surface area contributed by atoms with Gasteiger partial charge in [-0.1, -0.05) is 19.1 Å². The van der Waals surface area contributed by atoms with Crippen molar-refractivity contribution in [1.82, 2.24) is 4.72 Å². The maximum absolute atomic E-state index is 12.3. The zero-order chi connectivity index (χ0) is 20.1. The summed E-state index contributed by atoms with van der Waals surface area (Å²) in [6.45, 7) is 0.369. The van der Waals surface area contributed by atoms with Crippen molar-refractivity contribution in [3.05, 3.63) is 54.1 Å². The number of carbonyl (C=O) groups excluding carboxylic acids is 1. The van der Waals surface area contributed by atoms with E-state index in [0.717, 1.165) is 0 Å². The third kappa shape index (κ3) is 5.97. The van der Waals surface area contributed by atoms with Crippen molar-refractivity contribution >= 4 is 21.6 Å². The number of anilines is 1. The molecule has 0 heterocycles. The van der Waals surface area contributed by atoms with Crippen molar-refractivity contribution in [2.45, 2.75) is 18.0 Å². The Bertz CT molecular complexity index is 897. The third-order valence-electron chi connectivity index (χ3n) is 3.29. The molecular weight excluding hydrogens is 385 g/mol. The van der Waals surface area contributed by atoms with Gasteiger partial charge in [-0.15, -0.1) is 0 Å². The van der Waals surface area contributed by atoms with Crippen molar-refractivity contribution < 1.29 is 31.1 Å². The molecule has 2 N–H and O–H groups in total. The molecule has 0 unspecified atom stereocenters. The van der Waals surface area contributed by atoms with Crippen LogP contribution in [0.3, 0.4) is 0 Å². The number of hydrogen-bond donors (Lipinski definition) is 2. The summed E-state index contributed by atoms with van der Waals surface area (Å²) in [7, 11) is -3.65. The van der Waals surface area contributed by atoms with Gasteiger partial charge < -0.3 is 10.1 Å². The summed E-state index contributed by atoms with van der Waals surface area (Å²) < 4.78 is 67.8. The molecule has 2 aromatic rings. The minimum absolute atomic E-state index is 0.00480. The number of halogens is 3. The zero-order valence-corrected chi connectivity index (χ0v) is 15.0. The summed E-state index contributed by atoms with van der Waals surface area (Å²) in [6.07, 6.45) is -4.51. The van der Waals surface area contributed by atoms with E-state index < -0.39 is 28.7 Å². The lowest BCUT2D eigenvalue weighted by molar-refractivity contribution is -0.153. The molecule has 0 fully saturated rings. The maximum Gasteiger partial charge on any atom is 0.422 e. The summed E-state index contributed by atoms with van der Waals surface area (Å²) in [5.74, 6) is -0.750. The highest BCUT2D eigenvalue weighted by Crippen LogP contribution is 2.27. The van der Waals surface area contributed by atoms with Crippen LogP contribution in [0.1, 0.15) is 17.3 Å². The van der Waals surface area contributed by atoms with Crippen LogP contribution in [0.25, 0.3) is 0 Å². The second kappa shape index (κ2) is 8.40. The predicted octanol–water partition coefficient (Wildman–Crippen LogP) is 3.18. The molecule has 0 saturated carbocycles. The lowest BCUT2D eigenvalue weighted by atomic mass is 10.2. The van der Waals surface area contributed by atoms with Crippen LogP contribution < -0.4 is 14.8 Å². The average molecular weight is 402 g/mol. The molecule has 146 valence electrons. The molecule has 6 nitrogen and oxygen atoms in total. The van der Waals surface area contributed by atoms with Gasteiger partial charge in [-0.3, -0.25) is 4.79 Å². The molecule has 27 heavy (non-hydrogen) atoms. The number of rotatable bonds is 7. The van der Waals surface area contributed by atoms with E-state index >= 15 is 0 Å². The summed E-state index contributed by atoms with van der Waals surface area (Å²) in [5.41, 5.74) is 0.201. The molecule has 0 aromatic heterocycles. The van der Waals surface area contributed by atoms with E-state index in [2.05, 4.69) is 10.0 Å². The first-order valence-electron chi connectivity index (χ1n) is 7.82. The molecule has 0 aliphatic carbocycles. The van der Waals surface area contributed by atoms with Crippen LogP contribution in [-0.4, -0.2) is 33.7 Å². The first kappa shape index (κ1) is 20.7. The molecule has 0 bridgehead atoms. The summed E-state index contributed by atoms with van der Waals surface area (Å²) in [5, 5.41) is 2.45. The zero-order valence-electron chi connectivity index (χ0n) is 14.2. The van der Waals surface area contributed by atoms with Crippen molar-refractivity contribution in [2.24, 2.45) is 0 Å². The smallest absolute Gasteiger partial charge is 0.422 e. The normalized spacial score (nSPS) is 11.9. The maximum atomic E-state index is 12.3. The number of benzene rings is 2. The molecule has 2 aromatic carbocycles. The van der Waals surface area contributed by atoms with Gasteiger partial charge >= 0.3 is 6.18 Å². The van der Waals surface area contributed by atoms with Crippen LogP contribution >= 0.6 is 0 Å². The highest BCUT2D eigenvalue weighted by Gasteiger charge is 2.29. The Kier molecular flexibility index (Phi) is 6.45. The van der Waals surface area contributed by atoms with E-state index in [1.165, 1.54) is 48.5 Å². The number of carbonyl (C=O) groups is 1. The Labute approximate surface area is 154 Å². The van der Waals surface area contributed by atoms with Crippen LogP contribution in [0.5, 0.6) is 5.75 Å². The average Bonchev–Trinajstić information content (AvgIpc) is 2.60. The fraction of sp³-hybridized carbons (Fsp3) is 0.235. The van der Waals surface area contributed by atoms with Crippen LogP contribution in [0, 0.1) is 0 Å². The number of amides is 1. The Morgan fingerprint density at radius 3 is 2.30 bits per heavy atom. The van der Waals surface area contributed by atoms with Crippen LogP contribution in [-0.2, 0) is 10.0 Å². The minimum atomic E-state index is -4.51. The topological polar surface area (TPSA) is 84.5 Å². The fourth-order valence-electron chi connectivity index (χ4n) is 2.11. The standard InChI is InChI=1S/C17H17F3N2O4S/c1-2-21-27(24,25)13-9-7-12(8-10-13)16(23)22-14-5-3-4-6-15(14)26-11-17(18,19)20/h3-10,21H,2,11H2,1H3,(H,22,23). The van der Waals surface area contributed by atoms with Crippen molar-refractivity contribution in [1.29, 1.82) is 0 Å². The SMILES string of the molecule is CCNS(=O)(=O)c1ccc(C(=O)Nc2ccccc2OCC(F)(F)F)cc1. The number of alkyl halides is 3. The van der Waals surface area contributed by atoms with Crippen LogP contribution in [0.15, 0.2) is 53.4 Å². The predicted molar refractivity (Wildman–Crippen MR) is 93.2 cm³/mol. The number of nitrogens with one attached hydrogen (secondary N) is 2. The molecule has 0 saturated heterocycles. The summed E-state index contributed by atoms with van der Waals surface area (Å²) in [4.78, 5) is 12.3. The van der Waals surface area contributed by atoms with Gasteiger partial charge in [-0.2, -0.15) is 13.2 Å². The Morgan fingerprint density at radius 2 is 1.70 bits per heavy atom. The second-order valence-corrected chi connectivity index (χ2v) is 7.15. The van der Waals surface area contributed by atoms with E-state index in [0.29, 0.717) is 0 Å². The molecule has 10 heteroatoms. The third-order valence-corrected chi connectivity index (χ3v) is 4.85. The van der Waals surface area contributed by atoms with Crippen LogP contribution in [0.4, 0.5) is 18.9 Å². The monoisotopic (exact) mass is 402 g/mol. The molecule has 0 radical (unpaired) electrons. The van der Waals surface area contributed by atoms with Crippen molar-refractivity contribution in [2.75, 3.05) is 18.5 Å². The number of ether oxygens (including phenoxy) is 1. The molecule has 0 spiro atoms. The highest BCUT2D eigenvalue weighted by molar-refractivity contribution is 7.89. The fourth-order valence-corrected chi connectivity index (χ4v) is 3.15. The minimum Gasteiger partial charge on any atom is -0.482 e. The van der Waals surface area contributed by atoms with Gasteiger partial charge in [0.05, 0.1) is 10.6 Å². The van der Waals surface area contributed by atoms with Crippen molar-refractivity contribution in [3.8, 4) is 5.75 Å². The lowest BCUT2D eigenvalue weighted by Gasteiger charge is -2.14. The van der Waals surface area contributed by atoms with Gasteiger partial charge in [0.15, 0.2) is 6.61 Å². The van der Waals surface area contributed by atoms with Gasteiger partial charge in [-0.05, 0) is 36.4 Å². The van der Waals surface area contributed by atoms with E-state index in [9.17, 15) is 26.4 Å². The van der Waals surface area contributed by atoms with E-state index in [4.69, 9.17) is 4.74 Å². The summed E-state index contributed by atoms with van der Waals surface area (Å²) >= 11 is 0. The van der Waals surface area contributed by atoms with Gasteiger partial charge in [0.25, 0.3) is 5.91 Å². The first-order chi connectivity index (χ1) is 12.6. The molecule has 0 atom stereocenters. The second-order valence-electron chi connectivity index (χ2n) is 5.38. The Hall–Kier alpha value is -2.59. The number of hydrogen-bond acceptors (Lipinski definition) is 4. The molecule has 1 amide bonds. The van der Waals surface area contributed by atoms with Gasteiger partial charge in [-0.25, -0.2) is 13.1 Å². The van der Waals surface area contributed by atoms with Gasteiger partial charge in [0.2, 0.25) is 10.0 Å². The van der Waals surface area contributed by atoms with Gasteiger partial charge in [0.1, 0.15) is 5.75 Å². The molecule has 0 aliphatic heterocycles. The molecule has 2 rings (SSSR count). The quantitative estimate of drug-likeness (QED) is 0.745. The number of para-hydroxylation sites is 2. The number of sulfonamides is 1. The highest BCUT2D eigenvalue weighted by atomic mass is 32.2.